The maximum absolute atomic E-state index is 13.2. The van der Waals surface area contributed by atoms with Gasteiger partial charge in [-0.3, -0.25) is 4.21 Å². The van der Waals surface area contributed by atoms with Crippen molar-refractivity contribution in [3.8, 4) is 0 Å². The van der Waals surface area contributed by atoms with Crippen LogP contribution in [0.3, 0.4) is 0 Å². The molecule has 16 heavy (non-hydrogen) atoms. The van der Waals surface area contributed by atoms with E-state index in [1.807, 2.05) is 13.0 Å². The largest absolute Gasteiger partial charge is 0.311 e. The highest BCUT2D eigenvalue weighted by Gasteiger charge is 2.05. The first-order chi connectivity index (χ1) is 7.50. The van der Waals surface area contributed by atoms with Crippen molar-refractivity contribution in [3.05, 3.63) is 34.1 Å². The summed E-state index contributed by atoms with van der Waals surface area (Å²) in [6.07, 6.45) is 1.69. The summed E-state index contributed by atoms with van der Waals surface area (Å²) in [5.74, 6) is -0.258. The van der Waals surface area contributed by atoms with E-state index in [1.54, 1.807) is 12.3 Å². The standard InChI is InChI=1S/C11H15BrFNOS/c1-8(16(2)15)6-14-7-9-3-4-10(12)11(13)5-9/h3-5,8,14H,6-7H2,1-2H3. The van der Waals surface area contributed by atoms with Crippen molar-refractivity contribution >= 4 is 26.7 Å². The molecule has 0 aliphatic heterocycles. The first-order valence-electron chi connectivity index (χ1n) is 4.97. The van der Waals surface area contributed by atoms with Gasteiger partial charge in [-0.1, -0.05) is 6.07 Å². The minimum atomic E-state index is -0.820. The Hall–Kier alpha value is -0.260. The number of nitrogens with one attached hydrogen (secondary N) is 1. The Morgan fingerprint density at radius 1 is 1.56 bits per heavy atom. The molecule has 2 atom stereocenters. The highest BCUT2D eigenvalue weighted by Crippen LogP contribution is 2.16. The second kappa shape index (κ2) is 6.47. The van der Waals surface area contributed by atoms with Gasteiger partial charge in [0, 0.05) is 35.4 Å². The van der Waals surface area contributed by atoms with Gasteiger partial charge >= 0.3 is 0 Å². The molecule has 0 aliphatic carbocycles. The molecule has 5 heteroatoms. The van der Waals surface area contributed by atoms with Gasteiger partial charge in [0.1, 0.15) is 5.82 Å². The highest BCUT2D eigenvalue weighted by atomic mass is 79.9. The van der Waals surface area contributed by atoms with E-state index in [4.69, 9.17) is 0 Å². The number of hydrogen-bond acceptors (Lipinski definition) is 2. The predicted molar refractivity (Wildman–Crippen MR) is 69.3 cm³/mol. The zero-order chi connectivity index (χ0) is 12.1. The van der Waals surface area contributed by atoms with Gasteiger partial charge in [-0.15, -0.1) is 0 Å². The lowest BCUT2D eigenvalue weighted by molar-refractivity contribution is 0.612. The molecule has 0 heterocycles. The Morgan fingerprint density at radius 2 is 2.25 bits per heavy atom. The van der Waals surface area contributed by atoms with Crippen LogP contribution in [0.15, 0.2) is 22.7 Å². The van der Waals surface area contributed by atoms with E-state index < -0.39 is 10.8 Å². The lowest BCUT2D eigenvalue weighted by atomic mass is 10.2. The molecule has 2 unspecified atom stereocenters. The Kier molecular flexibility index (Phi) is 5.58. The summed E-state index contributed by atoms with van der Waals surface area (Å²) in [6, 6.07) is 5.03. The van der Waals surface area contributed by atoms with Gasteiger partial charge in [-0.2, -0.15) is 0 Å². The molecule has 1 rings (SSSR count). The van der Waals surface area contributed by atoms with E-state index in [1.165, 1.54) is 6.07 Å². The zero-order valence-electron chi connectivity index (χ0n) is 9.30. The third-order valence-electron chi connectivity index (χ3n) is 2.31. The van der Waals surface area contributed by atoms with Crippen molar-refractivity contribution in [2.45, 2.75) is 18.7 Å². The Balaban J connectivity index is 2.43. The molecule has 0 spiro atoms. The van der Waals surface area contributed by atoms with Crippen molar-refractivity contribution in [2.75, 3.05) is 12.8 Å². The second-order valence-corrected chi connectivity index (χ2v) is 6.34. The van der Waals surface area contributed by atoms with E-state index in [-0.39, 0.29) is 11.1 Å². The minimum Gasteiger partial charge on any atom is -0.311 e. The van der Waals surface area contributed by atoms with Crippen LogP contribution >= 0.6 is 15.9 Å². The van der Waals surface area contributed by atoms with Crippen LogP contribution < -0.4 is 5.32 Å². The van der Waals surface area contributed by atoms with Crippen molar-refractivity contribution in [1.29, 1.82) is 0 Å². The normalized spacial score (nSPS) is 14.8. The molecular formula is C11H15BrFNOS. The Labute approximate surface area is 106 Å². The SMILES string of the molecule is CC(CNCc1ccc(Br)c(F)c1)S(C)=O. The van der Waals surface area contributed by atoms with Gasteiger partial charge in [0.05, 0.1) is 4.47 Å². The van der Waals surface area contributed by atoms with Crippen LogP contribution in [0.2, 0.25) is 0 Å². The molecule has 0 saturated carbocycles. The lowest BCUT2D eigenvalue weighted by Gasteiger charge is -2.10. The fourth-order valence-corrected chi connectivity index (χ4v) is 1.79. The topological polar surface area (TPSA) is 29.1 Å². The smallest absolute Gasteiger partial charge is 0.137 e. The molecule has 0 aromatic heterocycles. The summed E-state index contributed by atoms with van der Waals surface area (Å²) in [4.78, 5) is 0. The number of benzene rings is 1. The molecule has 0 aliphatic rings. The quantitative estimate of drug-likeness (QED) is 0.905. The van der Waals surface area contributed by atoms with Crippen LogP contribution in [0.25, 0.3) is 0 Å². The molecule has 0 radical (unpaired) electrons. The van der Waals surface area contributed by atoms with Crippen LogP contribution in [0, 0.1) is 5.82 Å². The molecule has 0 saturated heterocycles. The van der Waals surface area contributed by atoms with Crippen LogP contribution in [0.5, 0.6) is 0 Å². The molecule has 0 bridgehead atoms. The summed E-state index contributed by atoms with van der Waals surface area (Å²) in [5, 5.41) is 3.27. The van der Waals surface area contributed by atoms with Crippen LogP contribution in [-0.2, 0) is 17.3 Å². The van der Waals surface area contributed by atoms with E-state index in [2.05, 4.69) is 21.2 Å². The average molecular weight is 308 g/mol. The maximum Gasteiger partial charge on any atom is 0.137 e. The molecule has 0 amide bonds. The van der Waals surface area contributed by atoms with E-state index in [0.29, 0.717) is 17.6 Å². The Morgan fingerprint density at radius 3 is 2.81 bits per heavy atom. The van der Waals surface area contributed by atoms with Crippen LogP contribution in [0.4, 0.5) is 4.39 Å². The molecular weight excluding hydrogens is 293 g/mol. The third kappa shape index (κ3) is 4.31. The van der Waals surface area contributed by atoms with Gasteiger partial charge in [-0.05, 0) is 40.5 Å². The van der Waals surface area contributed by atoms with Gasteiger partial charge in [0.2, 0.25) is 0 Å². The molecule has 2 nitrogen and oxygen atoms in total. The van der Waals surface area contributed by atoms with E-state index in [9.17, 15) is 8.60 Å². The van der Waals surface area contributed by atoms with Crippen molar-refractivity contribution in [3.63, 3.8) is 0 Å². The van der Waals surface area contributed by atoms with E-state index in [0.717, 1.165) is 5.56 Å². The molecule has 90 valence electrons. The van der Waals surface area contributed by atoms with Gasteiger partial charge in [0.25, 0.3) is 0 Å². The average Bonchev–Trinajstić information content (AvgIpc) is 2.23. The molecule has 1 N–H and O–H groups in total. The summed E-state index contributed by atoms with van der Waals surface area (Å²) in [5.41, 5.74) is 0.884. The third-order valence-corrected chi connectivity index (χ3v) is 4.25. The summed E-state index contributed by atoms with van der Waals surface area (Å²) < 4.78 is 24.7. The zero-order valence-corrected chi connectivity index (χ0v) is 11.7. The van der Waals surface area contributed by atoms with Crippen molar-refractivity contribution in [2.24, 2.45) is 0 Å². The highest BCUT2D eigenvalue weighted by molar-refractivity contribution is 9.10. The van der Waals surface area contributed by atoms with E-state index >= 15 is 0 Å². The minimum absolute atomic E-state index is 0.111. The first kappa shape index (κ1) is 13.8. The lowest BCUT2D eigenvalue weighted by Crippen LogP contribution is -2.27. The summed E-state index contributed by atoms with van der Waals surface area (Å²) in [7, 11) is -0.820. The second-order valence-electron chi connectivity index (χ2n) is 3.69. The maximum atomic E-state index is 13.2. The molecule has 1 aromatic carbocycles. The number of rotatable bonds is 5. The van der Waals surface area contributed by atoms with Crippen molar-refractivity contribution in [1.82, 2.24) is 5.32 Å². The number of hydrogen-bond donors (Lipinski definition) is 1. The summed E-state index contributed by atoms with van der Waals surface area (Å²) in [6.45, 7) is 3.18. The fourth-order valence-electron chi connectivity index (χ4n) is 1.19. The van der Waals surface area contributed by atoms with Gasteiger partial charge < -0.3 is 5.32 Å². The number of halogens is 2. The van der Waals surface area contributed by atoms with Crippen LogP contribution in [-0.4, -0.2) is 22.3 Å². The summed E-state index contributed by atoms with van der Waals surface area (Å²) >= 11 is 3.10. The van der Waals surface area contributed by atoms with Crippen molar-refractivity contribution < 1.29 is 8.60 Å². The monoisotopic (exact) mass is 307 g/mol. The molecule has 1 aromatic rings. The predicted octanol–water partition coefficient (Wildman–Crippen LogP) is 2.44. The fraction of sp³-hybridized carbons (Fsp3) is 0.455. The van der Waals surface area contributed by atoms with Gasteiger partial charge in [-0.25, -0.2) is 4.39 Å². The Bertz CT molecular complexity index is 386. The van der Waals surface area contributed by atoms with Crippen LogP contribution in [0.1, 0.15) is 12.5 Å². The van der Waals surface area contributed by atoms with Gasteiger partial charge in [0.15, 0.2) is 0 Å². The molecule has 0 fully saturated rings. The first-order valence-corrected chi connectivity index (χ1v) is 7.39.